The maximum absolute atomic E-state index is 5.31. The van der Waals surface area contributed by atoms with Crippen LogP contribution in [0.5, 0.6) is 5.75 Å². The zero-order chi connectivity index (χ0) is 12.7. The summed E-state index contributed by atoms with van der Waals surface area (Å²) in [6, 6.07) is 8.47. The Morgan fingerprint density at radius 2 is 1.94 bits per heavy atom. The van der Waals surface area contributed by atoms with Crippen LogP contribution < -0.4 is 10.1 Å². The second-order valence-corrected chi connectivity index (χ2v) is 4.52. The molecular weight excluding hydrogens is 210 g/mol. The third-order valence-corrected chi connectivity index (χ3v) is 3.56. The summed E-state index contributed by atoms with van der Waals surface area (Å²) < 4.78 is 5.31. The summed E-state index contributed by atoms with van der Waals surface area (Å²) >= 11 is 0. The first-order valence-corrected chi connectivity index (χ1v) is 6.55. The zero-order valence-electron chi connectivity index (χ0n) is 11.5. The fraction of sp³-hybridized carbons (Fsp3) is 0.600. The van der Waals surface area contributed by atoms with E-state index in [1.807, 2.05) is 13.1 Å². The number of methoxy groups -OCH3 is 1. The highest BCUT2D eigenvalue weighted by Crippen LogP contribution is 2.30. The van der Waals surface area contributed by atoms with Gasteiger partial charge in [0.2, 0.25) is 0 Å². The molecule has 96 valence electrons. The van der Waals surface area contributed by atoms with E-state index in [0.717, 1.165) is 18.2 Å². The Balaban J connectivity index is 2.94. The van der Waals surface area contributed by atoms with Crippen LogP contribution in [0, 0.1) is 5.92 Å². The maximum atomic E-state index is 5.31. The number of ether oxygens (including phenoxy) is 1. The molecule has 2 heteroatoms. The van der Waals surface area contributed by atoms with E-state index in [1.165, 1.54) is 18.4 Å². The van der Waals surface area contributed by atoms with Gasteiger partial charge in [-0.1, -0.05) is 38.8 Å². The summed E-state index contributed by atoms with van der Waals surface area (Å²) in [5.41, 5.74) is 1.38. The fourth-order valence-corrected chi connectivity index (χ4v) is 2.51. The zero-order valence-corrected chi connectivity index (χ0v) is 11.5. The molecule has 0 aliphatic carbocycles. The molecule has 1 aromatic carbocycles. The lowest BCUT2D eigenvalue weighted by molar-refractivity contribution is 0.382. The number of nitrogens with one attached hydrogen (secondary N) is 1. The molecule has 1 rings (SSSR count). The van der Waals surface area contributed by atoms with E-state index in [4.69, 9.17) is 4.74 Å². The van der Waals surface area contributed by atoms with Gasteiger partial charge in [0.1, 0.15) is 5.75 Å². The minimum Gasteiger partial charge on any atom is -0.497 e. The minimum absolute atomic E-state index is 0.574. The van der Waals surface area contributed by atoms with Gasteiger partial charge in [-0.2, -0.15) is 0 Å². The van der Waals surface area contributed by atoms with Crippen molar-refractivity contribution in [1.29, 1.82) is 0 Å². The van der Waals surface area contributed by atoms with E-state index < -0.39 is 0 Å². The van der Waals surface area contributed by atoms with Gasteiger partial charge < -0.3 is 10.1 Å². The Hall–Kier alpha value is -1.02. The molecule has 0 bridgehead atoms. The largest absolute Gasteiger partial charge is 0.497 e. The first-order chi connectivity index (χ1) is 8.26. The normalized spacial score (nSPS) is 12.8. The van der Waals surface area contributed by atoms with E-state index in [-0.39, 0.29) is 0 Å². The van der Waals surface area contributed by atoms with Crippen LogP contribution in [-0.2, 0) is 0 Å². The van der Waals surface area contributed by atoms with E-state index in [1.54, 1.807) is 7.11 Å². The Morgan fingerprint density at radius 3 is 2.47 bits per heavy atom. The van der Waals surface area contributed by atoms with Gasteiger partial charge in [0.25, 0.3) is 0 Å². The lowest BCUT2D eigenvalue weighted by atomic mass is 9.82. The van der Waals surface area contributed by atoms with Crippen molar-refractivity contribution in [2.24, 2.45) is 5.92 Å². The standard InChI is InChI=1S/C15H25NO/c1-5-12(6-2)15(11-16-3)13-8-7-9-14(10-13)17-4/h7-10,12,15-16H,5-6,11H2,1-4H3. The summed E-state index contributed by atoms with van der Waals surface area (Å²) in [5.74, 6) is 2.26. The highest BCUT2D eigenvalue weighted by molar-refractivity contribution is 5.31. The van der Waals surface area contributed by atoms with Crippen LogP contribution in [-0.4, -0.2) is 20.7 Å². The molecule has 1 N–H and O–H groups in total. The molecule has 1 aromatic rings. The van der Waals surface area contributed by atoms with Crippen LogP contribution in [0.1, 0.15) is 38.2 Å². The summed E-state index contributed by atoms with van der Waals surface area (Å²) in [5, 5.41) is 3.31. The molecule has 0 fully saturated rings. The minimum atomic E-state index is 0.574. The van der Waals surface area contributed by atoms with Crippen LogP contribution in [0.3, 0.4) is 0 Å². The average Bonchev–Trinajstić information content (AvgIpc) is 2.39. The molecule has 0 radical (unpaired) electrons. The molecule has 0 heterocycles. The van der Waals surface area contributed by atoms with Crippen molar-refractivity contribution >= 4 is 0 Å². The summed E-state index contributed by atoms with van der Waals surface area (Å²) in [7, 11) is 3.75. The van der Waals surface area contributed by atoms with Crippen molar-refractivity contribution in [2.75, 3.05) is 20.7 Å². The Kier molecular flexibility index (Phi) is 6.06. The van der Waals surface area contributed by atoms with Crippen molar-refractivity contribution in [3.05, 3.63) is 29.8 Å². The predicted octanol–water partition coefficient (Wildman–Crippen LogP) is 3.43. The molecule has 1 unspecified atom stereocenters. The van der Waals surface area contributed by atoms with E-state index >= 15 is 0 Å². The van der Waals surface area contributed by atoms with Gasteiger partial charge in [0, 0.05) is 6.54 Å². The van der Waals surface area contributed by atoms with Crippen molar-refractivity contribution in [3.63, 3.8) is 0 Å². The number of benzene rings is 1. The predicted molar refractivity (Wildman–Crippen MR) is 73.7 cm³/mol. The molecular formula is C15H25NO. The molecule has 0 aliphatic rings. The first kappa shape index (κ1) is 14.0. The number of rotatable bonds is 7. The van der Waals surface area contributed by atoms with Crippen molar-refractivity contribution in [3.8, 4) is 5.75 Å². The Morgan fingerprint density at radius 1 is 1.24 bits per heavy atom. The van der Waals surface area contributed by atoms with E-state index in [9.17, 15) is 0 Å². The topological polar surface area (TPSA) is 21.3 Å². The van der Waals surface area contributed by atoms with E-state index in [2.05, 4.69) is 37.4 Å². The highest BCUT2D eigenvalue weighted by atomic mass is 16.5. The number of likely N-dealkylation sites (N-methyl/N-ethyl adjacent to an activating group) is 1. The molecule has 17 heavy (non-hydrogen) atoms. The number of hydrogen-bond donors (Lipinski definition) is 1. The highest BCUT2D eigenvalue weighted by Gasteiger charge is 2.19. The molecule has 1 atom stereocenters. The van der Waals surface area contributed by atoms with Crippen molar-refractivity contribution in [2.45, 2.75) is 32.6 Å². The number of hydrogen-bond acceptors (Lipinski definition) is 2. The molecule has 0 aliphatic heterocycles. The summed E-state index contributed by atoms with van der Waals surface area (Å²) in [6.07, 6.45) is 2.44. The van der Waals surface area contributed by atoms with Crippen LogP contribution in [0.25, 0.3) is 0 Å². The van der Waals surface area contributed by atoms with E-state index in [0.29, 0.717) is 5.92 Å². The second kappa shape index (κ2) is 7.33. The van der Waals surface area contributed by atoms with Gasteiger partial charge >= 0.3 is 0 Å². The third-order valence-electron chi connectivity index (χ3n) is 3.56. The monoisotopic (exact) mass is 235 g/mol. The smallest absolute Gasteiger partial charge is 0.119 e. The quantitative estimate of drug-likeness (QED) is 0.781. The average molecular weight is 235 g/mol. The van der Waals surface area contributed by atoms with Gasteiger partial charge in [0.05, 0.1) is 7.11 Å². The molecule has 2 nitrogen and oxygen atoms in total. The summed E-state index contributed by atoms with van der Waals surface area (Å²) in [4.78, 5) is 0. The second-order valence-electron chi connectivity index (χ2n) is 4.52. The van der Waals surface area contributed by atoms with Gasteiger partial charge in [-0.05, 0) is 36.6 Å². The van der Waals surface area contributed by atoms with Gasteiger partial charge in [0.15, 0.2) is 0 Å². The van der Waals surface area contributed by atoms with Gasteiger partial charge in [-0.15, -0.1) is 0 Å². The lowest BCUT2D eigenvalue weighted by Crippen LogP contribution is -2.23. The molecule has 0 saturated carbocycles. The lowest BCUT2D eigenvalue weighted by Gasteiger charge is -2.26. The molecule has 0 saturated heterocycles. The first-order valence-electron chi connectivity index (χ1n) is 6.55. The SMILES string of the molecule is CCC(CC)C(CNC)c1cccc(OC)c1. The molecule has 0 amide bonds. The maximum Gasteiger partial charge on any atom is 0.119 e. The van der Waals surface area contributed by atoms with Crippen LogP contribution in [0.15, 0.2) is 24.3 Å². The molecule has 0 spiro atoms. The van der Waals surface area contributed by atoms with Crippen LogP contribution >= 0.6 is 0 Å². The third kappa shape index (κ3) is 3.74. The van der Waals surface area contributed by atoms with Gasteiger partial charge in [-0.25, -0.2) is 0 Å². The van der Waals surface area contributed by atoms with Crippen LogP contribution in [0.4, 0.5) is 0 Å². The van der Waals surface area contributed by atoms with Crippen molar-refractivity contribution in [1.82, 2.24) is 5.32 Å². The Labute approximate surface area is 105 Å². The Bertz CT molecular complexity index is 320. The fourth-order valence-electron chi connectivity index (χ4n) is 2.51. The van der Waals surface area contributed by atoms with Crippen LogP contribution in [0.2, 0.25) is 0 Å². The molecule has 0 aromatic heterocycles. The van der Waals surface area contributed by atoms with Gasteiger partial charge in [-0.3, -0.25) is 0 Å². The summed E-state index contributed by atoms with van der Waals surface area (Å²) in [6.45, 7) is 5.58. The van der Waals surface area contributed by atoms with Crippen molar-refractivity contribution < 1.29 is 4.74 Å².